The van der Waals surface area contributed by atoms with Crippen LogP contribution in [0.3, 0.4) is 0 Å². The molecule has 0 aromatic heterocycles. The number of hydrogen-bond donors (Lipinski definition) is 0. The van der Waals surface area contributed by atoms with E-state index < -0.39 is 6.17 Å². The quantitative estimate of drug-likeness (QED) is 0.666. The van der Waals surface area contributed by atoms with Crippen LogP contribution in [-0.2, 0) is 5.54 Å². The fraction of sp³-hybridized carbons (Fsp3) is 0.593. The second-order valence-corrected chi connectivity index (χ2v) is 10.7. The Bertz CT molecular complexity index is 1010. The third-order valence-corrected chi connectivity index (χ3v) is 8.90. The maximum absolute atomic E-state index is 13.9. The van der Waals surface area contributed by atoms with Crippen LogP contribution in [0, 0.1) is 17.2 Å². The van der Waals surface area contributed by atoms with Crippen molar-refractivity contribution < 1.29 is 4.79 Å². The number of benzene rings is 1. The molecule has 2 amide bonds. The molecule has 2 aliphatic heterocycles. The van der Waals surface area contributed by atoms with E-state index in [0.29, 0.717) is 12.5 Å². The molecule has 7 nitrogen and oxygen atoms in total. The number of allylic oxidation sites excluding steroid dienone is 1. The van der Waals surface area contributed by atoms with Gasteiger partial charge in [0.2, 0.25) is 6.17 Å². The molecule has 1 aromatic carbocycles. The van der Waals surface area contributed by atoms with Gasteiger partial charge in [0, 0.05) is 25.3 Å². The highest BCUT2D eigenvalue weighted by atomic mass is 16.2. The van der Waals surface area contributed by atoms with Gasteiger partial charge >= 0.3 is 6.03 Å². The lowest BCUT2D eigenvalue weighted by atomic mass is 9.68. The van der Waals surface area contributed by atoms with Crippen LogP contribution in [0.5, 0.6) is 0 Å². The van der Waals surface area contributed by atoms with Gasteiger partial charge in [-0.3, -0.25) is 14.8 Å². The van der Waals surface area contributed by atoms with Crippen molar-refractivity contribution in [3.63, 3.8) is 0 Å². The van der Waals surface area contributed by atoms with Crippen LogP contribution in [0.25, 0.3) is 0 Å². The van der Waals surface area contributed by atoms with Crippen LogP contribution in [0.15, 0.2) is 47.2 Å². The summed E-state index contributed by atoms with van der Waals surface area (Å²) >= 11 is 0. The molecule has 0 radical (unpaired) electrons. The monoisotopic (exact) mass is 460 g/mol. The van der Waals surface area contributed by atoms with Gasteiger partial charge < -0.3 is 9.80 Å². The normalized spacial score (nSPS) is 31.7. The molecular formula is C27H36N6O. The SMILES string of the molecule is CN1C(N2C[C@]3(CC[C@](c4ccccc4)(N(C)C)CC3)N(CC3CCC3)C2=O)=CC=NC1C#N. The number of aliphatic imine (C=N–C) groups is 1. The Balaban J connectivity index is 1.45. The molecule has 2 heterocycles. The molecule has 34 heavy (non-hydrogen) atoms. The van der Waals surface area contributed by atoms with Gasteiger partial charge in [-0.2, -0.15) is 5.26 Å². The van der Waals surface area contributed by atoms with Crippen LogP contribution in [-0.4, -0.2) is 77.8 Å². The molecule has 1 spiro atoms. The van der Waals surface area contributed by atoms with Gasteiger partial charge in [-0.1, -0.05) is 36.8 Å². The lowest BCUT2D eigenvalue weighted by Gasteiger charge is -2.51. The number of hydrogen-bond acceptors (Lipinski definition) is 5. The minimum atomic E-state index is -0.588. The van der Waals surface area contributed by atoms with Crippen LogP contribution >= 0.6 is 0 Å². The molecule has 180 valence electrons. The Labute approximate surface area is 203 Å². The highest BCUT2D eigenvalue weighted by Crippen LogP contribution is 2.50. The standard InChI is InChI=1S/C27H36N6O/c1-30(2)27(22-10-5-4-6-11-22)15-13-26(14-16-27)20-32(24-12-17-29-23(18-28)31(24)3)25(34)33(26)19-21-8-7-9-21/h4-6,10-12,17,21,23H,7-9,13-16,19-20H2,1-3H3/t23?,26-,27+. The second-order valence-electron chi connectivity index (χ2n) is 10.7. The van der Waals surface area contributed by atoms with E-state index in [9.17, 15) is 10.1 Å². The summed E-state index contributed by atoms with van der Waals surface area (Å²) < 4.78 is 0. The first-order valence-corrected chi connectivity index (χ1v) is 12.6. The van der Waals surface area contributed by atoms with Gasteiger partial charge in [-0.25, -0.2) is 4.79 Å². The van der Waals surface area contributed by atoms with Crippen molar-refractivity contribution in [1.82, 2.24) is 19.6 Å². The van der Waals surface area contributed by atoms with Crippen molar-refractivity contribution >= 4 is 12.2 Å². The summed E-state index contributed by atoms with van der Waals surface area (Å²) in [7, 11) is 6.23. The van der Waals surface area contributed by atoms with Crippen molar-refractivity contribution in [1.29, 1.82) is 5.26 Å². The van der Waals surface area contributed by atoms with Crippen LogP contribution in [0.2, 0.25) is 0 Å². The highest BCUT2D eigenvalue weighted by molar-refractivity contribution is 5.82. The first-order valence-electron chi connectivity index (χ1n) is 12.6. The van der Waals surface area contributed by atoms with E-state index in [2.05, 4.69) is 65.3 Å². The van der Waals surface area contributed by atoms with Crippen LogP contribution in [0.4, 0.5) is 4.79 Å². The third-order valence-electron chi connectivity index (χ3n) is 8.90. The number of amides is 2. The number of urea groups is 1. The zero-order chi connectivity index (χ0) is 23.9. The molecule has 0 bridgehead atoms. The van der Waals surface area contributed by atoms with Crippen molar-refractivity contribution in [2.45, 2.75) is 62.2 Å². The van der Waals surface area contributed by atoms with Crippen molar-refractivity contribution in [3.05, 3.63) is 47.8 Å². The largest absolute Gasteiger partial charge is 0.327 e. The predicted octanol–water partition coefficient (Wildman–Crippen LogP) is 4.00. The molecule has 2 saturated carbocycles. The Morgan fingerprint density at radius 1 is 1.15 bits per heavy atom. The van der Waals surface area contributed by atoms with Crippen molar-refractivity contribution in [2.24, 2.45) is 10.9 Å². The molecule has 7 heteroatoms. The topological polar surface area (TPSA) is 66.2 Å². The van der Waals surface area contributed by atoms with Gasteiger partial charge in [0.15, 0.2) is 0 Å². The second kappa shape index (κ2) is 8.74. The molecule has 3 fully saturated rings. The number of carbonyl (C=O) groups excluding carboxylic acids is 1. The Kier molecular flexibility index (Phi) is 5.89. The lowest BCUT2D eigenvalue weighted by Crippen LogP contribution is -2.56. The van der Waals surface area contributed by atoms with Crippen LogP contribution in [0.1, 0.15) is 50.5 Å². The van der Waals surface area contributed by atoms with E-state index in [1.54, 1.807) is 6.21 Å². The smallest absolute Gasteiger partial charge is 0.326 e. The van der Waals surface area contributed by atoms with E-state index >= 15 is 0 Å². The third kappa shape index (κ3) is 3.60. The van der Waals surface area contributed by atoms with E-state index in [-0.39, 0.29) is 17.1 Å². The zero-order valence-corrected chi connectivity index (χ0v) is 20.7. The van der Waals surface area contributed by atoms with E-state index in [0.717, 1.165) is 38.0 Å². The average Bonchev–Trinajstić information content (AvgIpc) is 3.08. The highest BCUT2D eigenvalue weighted by Gasteiger charge is 2.56. The minimum Gasteiger partial charge on any atom is -0.327 e. The summed E-state index contributed by atoms with van der Waals surface area (Å²) in [6.07, 6.45) is 10.7. The summed E-state index contributed by atoms with van der Waals surface area (Å²) in [5, 5.41) is 9.51. The zero-order valence-electron chi connectivity index (χ0n) is 20.7. The Hall–Kier alpha value is -2.85. The molecular weight excluding hydrogens is 424 g/mol. The van der Waals surface area contributed by atoms with Gasteiger partial charge in [-0.15, -0.1) is 0 Å². The predicted molar refractivity (Wildman–Crippen MR) is 133 cm³/mol. The maximum atomic E-state index is 13.9. The average molecular weight is 461 g/mol. The van der Waals surface area contributed by atoms with Gasteiger partial charge in [0.25, 0.3) is 0 Å². The number of rotatable bonds is 5. The Morgan fingerprint density at radius 2 is 1.85 bits per heavy atom. The van der Waals surface area contributed by atoms with Gasteiger partial charge in [0.1, 0.15) is 11.9 Å². The maximum Gasteiger partial charge on any atom is 0.326 e. The molecule has 5 rings (SSSR count). The lowest BCUT2D eigenvalue weighted by molar-refractivity contribution is 0.0160. The first kappa shape index (κ1) is 22.9. The molecule has 1 unspecified atom stereocenters. The number of nitrogens with zero attached hydrogens (tertiary/aromatic N) is 6. The molecule has 4 aliphatic rings. The summed E-state index contributed by atoms with van der Waals surface area (Å²) in [6, 6.07) is 13.2. The molecule has 2 aliphatic carbocycles. The van der Waals surface area contributed by atoms with Crippen LogP contribution < -0.4 is 0 Å². The van der Waals surface area contributed by atoms with Gasteiger partial charge in [-0.05, 0) is 70.2 Å². The molecule has 1 aromatic rings. The molecule has 0 N–H and O–H groups in total. The minimum absolute atomic E-state index is 0.00935. The number of carbonyl (C=O) groups is 1. The summed E-state index contributed by atoms with van der Waals surface area (Å²) in [5.41, 5.74) is 1.19. The van der Waals surface area contributed by atoms with Crippen molar-refractivity contribution in [2.75, 3.05) is 34.2 Å². The Morgan fingerprint density at radius 3 is 2.44 bits per heavy atom. The fourth-order valence-electron chi connectivity index (χ4n) is 6.41. The van der Waals surface area contributed by atoms with Crippen molar-refractivity contribution in [3.8, 4) is 6.07 Å². The number of nitriles is 1. The molecule has 1 saturated heterocycles. The van der Waals surface area contributed by atoms with Gasteiger partial charge in [0.05, 0.1) is 12.1 Å². The first-order chi connectivity index (χ1) is 16.4. The fourth-order valence-corrected chi connectivity index (χ4v) is 6.41. The molecule has 1 atom stereocenters. The van der Waals surface area contributed by atoms with E-state index in [4.69, 9.17) is 0 Å². The summed E-state index contributed by atoms with van der Waals surface area (Å²) in [6.45, 7) is 1.53. The summed E-state index contributed by atoms with van der Waals surface area (Å²) in [5.74, 6) is 1.40. The van der Waals surface area contributed by atoms with E-state index in [1.807, 2.05) is 22.9 Å². The summed E-state index contributed by atoms with van der Waals surface area (Å²) in [4.78, 5) is 26.5. The van der Waals surface area contributed by atoms with E-state index in [1.165, 1.54) is 24.8 Å².